The molecule has 1 aliphatic heterocycles. The molecular formula is C17H14N2O2S. The Bertz CT molecular complexity index is 752. The van der Waals surface area contributed by atoms with Crippen molar-refractivity contribution in [2.75, 3.05) is 7.05 Å². The van der Waals surface area contributed by atoms with Gasteiger partial charge in [-0.25, -0.2) is 4.99 Å². The summed E-state index contributed by atoms with van der Waals surface area (Å²) < 4.78 is 0. The number of aromatic hydroxyl groups is 1. The summed E-state index contributed by atoms with van der Waals surface area (Å²) in [5.41, 5.74) is 1.68. The lowest BCUT2D eigenvalue weighted by Crippen LogP contribution is -2.23. The highest BCUT2D eigenvalue weighted by Gasteiger charge is 2.30. The molecule has 2 aromatic carbocycles. The molecule has 4 nitrogen and oxygen atoms in total. The summed E-state index contributed by atoms with van der Waals surface area (Å²) >= 11 is 1.35. The van der Waals surface area contributed by atoms with E-state index in [1.165, 1.54) is 16.7 Å². The van der Waals surface area contributed by atoms with E-state index in [2.05, 4.69) is 4.99 Å². The van der Waals surface area contributed by atoms with Crippen molar-refractivity contribution in [3.05, 3.63) is 65.1 Å². The molecule has 0 radical (unpaired) electrons. The summed E-state index contributed by atoms with van der Waals surface area (Å²) in [4.78, 5) is 18.9. The molecule has 110 valence electrons. The Hall–Kier alpha value is -2.53. The minimum atomic E-state index is -0.0635. The quantitative estimate of drug-likeness (QED) is 0.862. The fourth-order valence-electron chi connectivity index (χ4n) is 1.99. The number of carbonyl (C=O) groups is 1. The SMILES string of the molecule is CN1C(=O)/C(=C/c2ccccc2)SC1=Nc1ccc(O)cc1. The predicted octanol–water partition coefficient (Wildman–Crippen LogP) is 3.63. The van der Waals surface area contributed by atoms with Gasteiger partial charge in [0.15, 0.2) is 5.17 Å². The first-order valence-electron chi connectivity index (χ1n) is 6.74. The van der Waals surface area contributed by atoms with Gasteiger partial charge in [-0.2, -0.15) is 0 Å². The molecular weight excluding hydrogens is 296 g/mol. The first-order valence-corrected chi connectivity index (χ1v) is 7.55. The van der Waals surface area contributed by atoms with Crippen LogP contribution in [-0.2, 0) is 4.79 Å². The topological polar surface area (TPSA) is 52.9 Å². The lowest BCUT2D eigenvalue weighted by molar-refractivity contribution is -0.121. The van der Waals surface area contributed by atoms with Crippen molar-refractivity contribution in [2.45, 2.75) is 0 Å². The van der Waals surface area contributed by atoms with Gasteiger partial charge in [0.1, 0.15) is 5.75 Å². The highest BCUT2D eigenvalue weighted by atomic mass is 32.2. The van der Waals surface area contributed by atoms with Crippen LogP contribution < -0.4 is 0 Å². The standard InChI is InChI=1S/C17H14N2O2S/c1-19-16(21)15(11-12-5-3-2-4-6-12)22-17(19)18-13-7-9-14(20)10-8-13/h2-11,20H,1H3/b15-11-,18-17?. The number of benzene rings is 2. The van der Waals surface area contributed by atoms with Crippen LogP contribution in [0.3, 0.4) is 0 Å². The minimum Gasteiger partial charge on any atom is -0.508 e. The summed E-state index contributed by atoms with van der Waals surface area (Å²) in [7, 11) is 1.71. The fraction of sp³-hybridized carbons (Fsp3) is 0.0588. The third kappa shape index (κ3) is 3.04. The summed E-state index contributed by atoms with van der Waals surface area (Å²) in [6.45, 7) is 0. The van der Waals surface area contributed by atoms with Gasteiger partial charge in [0, 0.05) is 7.05 Å². The third-order valence-corrected chi connectivity index (χ3v) is 4.24. The Morgan fingerprint density at radius 3 is 2.45 bits per heavy atom. The number of phenolic OH excluding ortho intramolecular Hbond substituents is 1. The van der Waals surface area contributed by atoms with Gasteiger partial charge in [-0.1, -0.05) is 30.3 Å². The Balaban J connectivity index is 1.88. The van der Waals surface area contributed by atoms with Crippen LogP contribution in [0.4, 0.5) is 5.69 Å². The first kappa shape index (κ1) is 14.4. The van der Waals surface area contributed by atoms with Gasteiger partial charge in [0.05, 0.1) is 10.6 Å². The zero-order valence-electron chi connectivity index (χ0n) is 11.9. The van der Waals surface area contributed by atoms with Crippen LogP contribution in [0.15, 0.2) is 64.5 Å². The van der Waals surface area contributed by atoms with Gasteiger partial charge >= 0.3 is 0 Å². The van der Waals surface area contributed by atoms with E-state index in [9.17, 15) is 9.90 Å². The molecule has 0 unspecified atom stereocenters. The van der Waals surface area contributed by atoms with Crippen molar-refractivity contribution in [1.82, 2.24) is 4.90 Å². The number of likely N-dealkylation sites (N-methyl/N-ethyl adjacent to an activating group) is 1. The van der Waals surface area contributed by atoms with E-state index in [0.717, 1.165) is 5.56 Å². The molecule has 0 atom stereocenters. The Labute approximate surface area is 132 Å². The van der Waals surface area contributed by atoms with Crippen molar-refractivity contribution >= 4 is 34.6 Å². The van der Waals surface area contributed by atoms with Gasteiger partial charge in [-0.3, -0.25) is 9.69 Å². The summed E-state index contributed by atoms with van der Waals surface area (Å²) in [5, 5.41) is 9.91. The molecule has 5 heteroatoms. The van der Waals surface area contributed by atoms with Crippen LogP contribution in [0.2, 0.25) is 0 Å². The number of carbonyl (C=O) groups excluding carboxylic acids is 1. The Morgan fingerprint density at radius 2 is 1.77 bits per heavy atom. The zero-order valence-corrected chi connectivity index (χ0v) is 12.7. The molecule has 1 saturated heterocycles. The first-order chi connectivity index (χ1) is 10.6. The number of amides is 1. The van der Waals surface area contributed by atoms with Crippen LogP contribution in [0, 0.1) is 0 Å². The maximum absolute atomic E-state index is 12.3. The molecule has 3 rings (SSSR count). The van der Waals surface area contributed by atoms with Crippen LogP contribution in [0.25, 0.3) is 6.08 Å². The van der Waals surface area contributed by atoms with Gasteiger partial charge in [0.2, 0.25) is 0 Å². The number of phenols is 1. The van der Waals surface area contributed by atoms with E-state index in [-0.39, 0.29) is 11.7 Å². The molecule has 0 saturated carbocycles. The number of hydrogen-bond acceptors (Lipinski definition) is 4. The number of rotatable bonds is 2. The molecule has 22 heavy (non-hydrogen) atoms. The average Bonchev–Trinajstić information content (AvgIpc) is 2.79. The molecule has 1 heterocycles. The molecule has 1 amide bonds. The zero-order chi connectivity index (χ0) is 15.5. The van der Waals surface area contributed by atoms with Crippen LogP contribution in [0.5, 0.6) is 5.75 Å². The number of nitrogens with zero attached hydrogens (tertiary/aromatic N) is 2. The second kappa shape index (κ2) is 6.07. The average molecular weight is 310 g/mol. The maximum atomic E-state index is 12.3. The summed E-state index contributed by atoms with van der Waals surface area (Å²) in [6, 6.07) is 16.3. The fourth-order valence-corrected chi connectivity index (χ4v) is 2.98. The maximum Gasteiger partial charge on any atom is 0.266 e. The van der Waals surface area contributed by atoms with Crippen LogP contribution >= 0.6 is 11.8 Å². The number of thioether (sulfide) groups is 1. The number of amidine groups is 1. The Morgan fingerprint density at radius 1 is 1.09 bits per heavy atom. The van der Waals surface area contributed by atoms with Crippen molar-refractivity contribution in [3.63, 3.8) is 0 Å². The van der Waals surface area contributed by atoms with Crippen LogP contribution in [-0.4, -0.2) is 28.1 Å². The highest BCUT2D eigenvalue weighted by Crippen LogP contribution is 2.33. The molecule has 1 aliphatic rings. The van der Waals surface area contributed by atoms with Crippen molar-refractivity contribution < 1.29 is 9.90 Å². The largest absolute Gasteiger partial charge is 0.508 e. The van der Waals surface area contributed by atoms with Crippen molar-refractivity contribution in [3.8, 4) is 5.75 Å². The molecule has 0 spiro atoms. The van der Waals surface area contributed by atoms with E-state index >= 15 is 0 Å². The van der Waals surface area contributed by atoms with Gasteiger partial charge in [0.25, 0.3) is 5.91 Å². The molecule has 2 aromatic rings. The van der Waals surface area contributed by atoms with Crippen molar-refractivity contribution in [2.24, 2.45) is 4.99 Å². The lowest BCUT2D eigenvalue weighted by Gasteiger charge is -2.07. The molecule has 1 N–H and O–H groups in total. The normalized spacial score (nSPS) is 18.4. The highest BCUT2D eigenvalue weighted by molar-refractivity contribution is 8.18. The van der Waals surface area contributed by atoms with E-state index in [0.29, 0.717) is 15.8 Å². The lowest BCUT2D eigenvalue weighted by atomic mass is 10.2. The second-order valence-corrected chi connectivity index (χ2v) is 5.81. The molecule has 0 aliphatic carbocycles. The van der Waals surface area contributed by atoms with Gasteiger partial charge < -0.3 is 5.11 Å². The minimum absolute atomic E-state index is 0.0635. The summed E-state index contributed by atoms with van der Waals surface area (Å²) in [6.07, 6.45) is 1.86. The molecule has 1 fully saturated rings. The van der Waals surface area contributed by atoms with E-state index in [1.54, 1.807) is 31.3 Å². The second-order valence-electron chi connectivity index (χ2n) is 4.80. The van der Waals surface area contributed by atoms with E-state index < -0.39 is 0 Å². The smallest absolute Gasteiger partial charge is 0.266 e. The monoisotopic (exact) mass is 310 g/mol. The third-order valence-electron chi connectivity index (χ3n) is 3.18. The van der Waals surface area contributed by atoms with E-state index in [1.807, 2.05) is 36.4 Å². The van der Waals surface area contributed by atoms with Gasteiger partial charge in [-0.15, -0.1) is 0 Å². The van der Waals surface area contributed by atoms with Crippen molar-refractivity contribution in [1.29, 1.82) is 0 Å². The molecule has 0 bridgehead atoms. The van der Waals surface area contributed by atoms with Gasteiger partial charge in [-0.05, 0) is 47.7 Å². The number of hydrogen-bond donors (Lipinski definition) is 1. The molecule has 0 aromatic heterocycles. The summed E-state index contributed by atoms with van der Waals surface area (Å²) in [5.74, 6) is 0.128. The Kier molecular flexibility index (Phi) is 3.98. The number of aliphatic imine (C=N–C) groups is 1. The van der Waals surface area contributed by atoms with E-state index in [4.69, 9.17) is 0 Å². The van der Waals surface area contributed by atoms with Crippen LogP contribution in [0.1, 0.15) is 5.56 Å². The predicted molar refractivity (Wildman–Crippen MR) is 90.0 cm³/mol.